The number of amides is 4. The third kappa shape index (κ3) is 6.74. The fourth-order valence-electron chi connectivity index (χ4n) is 2.06. The molecule has 0 spiro atoms. The zero-order chi connectivity index (χ0) is 21.4. The Bertz CT molecular complexity index is 738. The molecule has 1 rings (SSSR count). The van der Waals surface area contributed by atoms with Crippen LogP contribution >= 0.6 is 0 Å². The summed E-state index contributed by atoms with van der Waals surface area (Å²) in [6.07, 6.45) is -1.20. The lowest BCUT2D eigenvalue weighted by Gasteiger charge is -2.14. The molecule has 0 unspecified atom stereocenters. The quantitative estimate of drug-likeness (QED) is 0.255. The van der Waals surface area contributed by atoms with Crippen LogP contribution in [0.15, 0.2) is 24.3 Å². The third-order valence-electron chi connectivity index (χ3n) is 3.43. The van der Waals surface area contributed by atoms with Crippen molar-refractivity contribution in [2.75, 3.05) is 0 Å². The molecule has 0 aromatic heterocycles. The van der Waals surface area contributed by atoms with Gasteiger partial charge in [0.2, 0.25) is 11.8 Å². The molecule has 1 aromatic rings. The molecule has 150 valence electrons. The van der Waals surface area contributed by atoms with Crippen molar-refractivity contribution < 1.29 is 39.0 Å². The van der Waals surface area contributed by atoms with Gasteiger partial charge < -0.3 is 32.3 Å². The molecule has 1 aromatic carbocycles. The molecule has 0 aliphatic heterocycles. The van der Waals surface area contributed by atoms with Crippen LogP contribution in [0, 0.1) is 0 Å². The first-order valence-corrected chi connectivity index (χ1v) is 7.75. The lowest BCUT2D eigenvalue weighted by atomic mass is 10.1. The Balaban J connectivity index is 2.83. The van der Waals surface area contributed by atoms with Crippen LogP contribution in [0.3, 0.4) is 0 Å². The standard InChI is InChI=1S/C16H18N4O8/c17-11(21)5-9(15(25)26)19-13(23)7-1-2-8(4-3-7)14(24)20-10(16(27)28)6-12(18)22/h1-4,9-10H,5-6H2,(H2,17,21)(H2,18,22)(H,19,23)(H,20,24)(H,25,26)(H,27,28)/t9-,10-/m1/s1. The minimum atomic E-state index is -1.52. The Kier molecular flexibility index (Phi) is 7.62. The van der Waals surface area contributed by atoms with E-state index in [1.165, 1.54) is 24.3 Å². The average molecular weight is 394 g/mol. The van der Waals surface area contributed by atoms with Crippen molar-refractivity contribution in [3.63, 3.8) is 0 Å². The maximum atomic E-state index is 12.1. The number of benzene rings is 1. The predicted molar refractivity (Wildman–Crippen MR) is 91.8 cm³/mol. The number of rotatable bonds is 10. The summed E-state index contributed by atoms with van der Waals surface area (Å²) >= 11 is 0. The fourth-order valence-corrected chi connectivity index (χ4v) is 2.06. The summed E-state index contributed by atoms with van der Waals surface area (Å²) in [5, 5.41) is 22.2. The monoisotopic (exact) mass is 394 g/mol. The molecule has 12 nitrogen and oxygen atoms in total. The molecule has 0 radical (unpaired) electrons. The number of primary amides is 2. The summed E-state index contributed by atoms with van der Waals surface area (Å²) in [5.41, 5.74) is 9.81. The number of carboxylic acid groups (broad SMARTS) is 2. The van der Waals surface area contributed by atoms with E-state index >= 15 is 0 Å². The average Bonchev–Trinajstić information content (AvgIpc) is 2.59. The maximum absolute atomic E-state index is 12.1. The van der Waals surface area contributed by atoms with Crippen molar-refractivity contribution >= 4 is 35.6 Å². The molecule has 0 bridgehead atoms. The molecule has 12 heteroatoms. The molecule has 0 aliphatic carbocycles. The predicted octanol–water partition coefficient (Wildman–Crippen LogP) is -2.20. The first-order valence-electron chi connectivity index (χ1n) is 7.75. The van der Waals surface area contributed by atoms with Crippen LogP contribution in [0.1, 0.15) is 33.6 Å². The van der Waals surface area contributed by atoms with Gasteiger partial charge in [-0.05, 0) is 24.3 Å². The van der Waals surface area contributed by atoms with Gasteiger partial charge in [-0.2, -0.15) is 0 Å². The van der Waals surface area contributed by atoms with Gasteiger partial charge in [-0.1, -0.05) is 0 Å². The molecule has 0 aliphatic rings. The highest BCUT2D eigenvalue weighted by molar-refractivity contribution is 6.00. The second-order valence-corrected chi connectivity index (χ2v) is 5.65. The number of nitrogens with one attached hydrogen (secondary N) is 2. The Labute approximate surface area is 157 Å². The summed E-state index contributed by atoms with van der Waals surface area (Å²) in [6.45, 7) is 0. The van der Waals surface area contributed by atoms with Gasteiger partial charge in [0, 0.05) is 11.1 Å². The Morgan fingerprint density at radius 1 is 0.714 bits per heavy atom. The summed E-state index contributed by atoms with van der Waals surface area (Å²) in [5.74, 6) is -6.36. The number of carbonyl (C=O) groups is 6. The Morgan fingerprint density at radius 3 is 1.21 bits per heavy atom. The highest BCUT2D eigenvalue weighted by Crippen LogP contribution is 2.07. The van der Waals surface area contributed by atoms with Crippen LogP contribution in [0.4, 0.5) is 0 Å². The van der Waals surface area contributed by atoms with Crippen molar-refractivity contribution in [1.29, 1.82) is 0 Å². The van der Waals surface area contributed by atoms with Crippen LogP contribution in [-0.4, -0.2) is 57.9 Å². The number of hydrogen-bond donors (Lipinski definition) is 6. The fraction of sp³-hybridized carbons (Fsp3) is 0.250. The summed E-state index contributed by atoms with van der Waals surface area (Å²) < 4.78 is 0. The van der Waals surface area contributed by atoms with E-state index in [0.29, 0.717) is 0 Å². The van der Waals surface area contributed by atoms with Gasteiger partial charge >= 0.3 is 11.9 Å². The van der Waals surface area contributed by atoms with Crippen molar-refractivity contribution in [2.45, 2.75) is 24.9 Å². The largest absolute Gasteiger partial charge is 0.480 e. The molecule has 28 heavy (non-hydrogen) atoms. The highest BCUT2D eigenvalue weighted by Gasteiger charge is 2.24. The van der Waals surface area contributed by atoms with Crippen LogP contribution in [-0.2, 0) is 19.2 Å². The van der Waals surface area contributed by atoms with Crippen LogP contribution in [0.2, 0.25) is 0 Å². The molecular formula is C16H18N4O8. The van der Waals surface area contributed by atoms with E-state index in [-0.39, 0.29) is 11.1 Å². The molecule has 2 atom stereocenters. The zero-order valence-electron chi connectivity index (χ0n) is 14.4. The molecule has 4 amide bonds. The Morgan fingerprint density at radius 2 is 1.00 bits per heavy atom. The number of carboxylic acids is 2. The van der Waals surface area contributed by atoms with E-state index in [4.69, 9.17) is 21.7 Å². The van der Waals surface area contributed by atoms with E-state index in [9.17, 15) is 28.8 Å². The molecule has 0 saturated heterocycles. The van der Waals surface area contributed by atoms with Gasteiger partial charge in [0.15, 0.2) is 0 Å². The summed E-state index contributed by atoms with van der Waals surface area (Å²) in [6, 6.07) is 1.74. The van der Waals surface area contributed by atoms with Gasteiger partial charge in [0.05, 0.1) is 12.8 Å². The minimum Gasteiger partial charge on any atom is -0.480 e. The topological polar surface area (TPSA) is 219 Å². The number of carbonyl (C=O) groups excluding carboxylic acids is 4. The summed E-state index contributed by atoms with van der Waals surface area (Å²) in [4.78, 5) is 67.8. The second-order valence-electron chi connectivity index (χ2n) is 5.65. The van der Waals surface area contributed by atoms with Crippen molar-refractivity contribution in [1.82, 2.24) is 10.6 Å². The van der Waals surface area contributed by atoms with Crippen LogP contribution < -0.4 is 22.1 Å². The van der Waals surface area contributed by atoms with E-state index in [1.807, 2.05) is 0 Å². The van der Waals surface area contributed by atoms with E-state index in [0.717, 1.165) is 0 Å². The van der Waals surface area contributed by atoms with Gasteiger partial charge in [0.25, 0.3) is 11.8 Å². The molecule has 0 heterocycles. The maximum Gasteiger partial charge on any atom is 0.326 e. The lowest BCUT2D eigenvalue weighted by molar-refractivity contribution is -0.141. The first kappa shape index (κ1) is 22.1. The molecule has 0 saturated carbocycles. The van der Waals surface area contributed by atoms with Gasteiger partial charge in [0.1, 0.15) is 12.1 Å². The van der Waals surface area contributed by atoms with Crippen molar-refractivity contribution in [3.8, 4) is 0 Å². The molecule has 0 fully saturated rings. The van der Waals surface area contributed by atoms with E-state index in [2.05, 4.69) is 10.6 Å². The normalized spacial score (nSPS) is 12.3. The SMILES string of the molecule is NC(=O)C[C@@H](NC(=O)c1ccc(C(=O)N[C@H](CC(N)=O)C(=O)O)cc1)C(=O)O. The third-order valence-corrected chi connectivity index (χ3v) is 3.43. The van der Waals surface area contributed by atoms with Gasteiger partial charge in [-0.15, -0.1) is 0 Å². The lowest BCUT2D eigenvalue weighted by Crippen LogP contribution is -2.43. The van der Waals surface area contributed by atoms with Crippen LogP contribution in [0.5, 0.6) is 0 Å². The molecule has 8 N–H and O–H groups in total. The zero-order valence-corrected chi connectivity index (χ0v) is 14.4. The minimum absolute atomic E-state index is 0.0146. The number of nitrogens with two attached hydrogens (primary N) is 2. The smallest absolute Gasteiger partial charge is 0.326 e. The van der Waals surface area contributed by atoms with Crippen molar-refractivity contribution in [3.05, 3.63) is 35.4 Å². The second kappa shape index (κ2) is 9.66. The number of aliphatic carboxylic acids is 2. The highest BCUT2D eigenvalue weighted by atomic mass is 16.4. The van der Waals surface area contributed by atoms with Crippen molar-refractivity contribution in [2.24, 2.45) is 11.5 Å². The Hall–Kier alpha value is -3.96. The van der Waals surface area contributed by atoms with E-state index in [1.54, 1.807) is 0 Å². The van der Waals surface area contributed by atoms with Gasteiger partial charge in [-0.3, -0.25) is 19.2 Å². The van der Waals surface area contributed by atoms with Gasteiger partial charge in [-0.25, -0.2) is 9.59 Å². The molecular weight excluding hydrogens is 376 g/mol. The first-order chi connectivity index (χ1) is 13.0. The number of hydrogen-bond acceptors (Lipinski definition) is 6. The van der Waals surface area contributed by atoms with E-state index < -0.39 is 60.5 Å². The summed E-state index contributed by atoms with van der Waals surface area (Å²) in [7, 11) is 0. The van der Waals surface area contributed by atoms with Crippen LogP contribution in [0.25, 0.3) is 0 Å².